The lowest BCUT2D eigenvalue weighted by atomic mass is 10.1. The van der Waals surface area contributed by atoms with E-state index in [0.717, 1.165) is 5.69 Å². The molecule has 7 heteroatoms. The number of amides is 2. The van der Waals surface area contributed by atoms with E-state index >= 15 is 0 Å². The second-order valence-corrected chi connectivity index (χ2v) is 5.17. The summed E-state index contributed by atoms with van der Waals surface area (Å²) < 4.78 is 6.96. The van der Waals surface area contributed by atoms with E-state index in [0.29, 0.717) is 28.4 Å². The van der Waals surface area contributed by atoms with Gasteiger partial charge in [-0.3, -0.25) is 14.3 Å². The van der Waals surface area contributed by atoms with Gasteiger partial charge < -0.3 is 15.4 Å². The van der Waals surface area contributed by atoms with Crippen LogP contribution in [0.25, 0.3) is 0 Å². The SMILES string of the molecule is Cc1nn(C)c(C)c1C(=O)Nc1ccc2c(c1)NC(=O)CO2. The van der Waals surface area contributed by atoms with Crippen LogP contribution in [0.2, 0.25) is 0 Å². The van der Waals surface area contributed by atoms with E-state index in [1.54, 1.807) is 36.9 Å². The van der Waals surface area contributed by atoms with Crippen LogP contribution in [0.15, 0.2) is 18.2 Å². The first-order valence-electron chi connectivity index (χ1n) is 6.84. The Morgan fingerprint density at radius 2 is 2.18 bits per heavy atom. The second kappa shape index (κ2) is 5.18. The average Bonchev–Trinajstić information content (AvgIpc) is 2.71. The molecule has 0 atom stereocenters. The van der Waals surface area contributed by atoms with Crippen LogP contribution in [0.3, 0.4) is 0 Å². The van der Waals surface area contributed by atoms with Gasteiger partial charge in [-0.15, -0.1) is 0 Å². The molecule has 0 spiro atoms. The lowest BCUT2D eigenvalue weighted by molar-refractivity contribution is -0.118. The van der Waals surface area contributed by atoms with Gasteiger partial charge in [-0.25, -0.2) is 0 Å². The van der Waals surface area contributed by atoms with E-state index in [4.69, 9.17) is 4.74 Å². The summed E-state index contributed by atoms with van der Waals surface area (Å²) >= 11 is 0. The van der Waals surface area contributed by atoms with Crippen molar-refractivity contribution in [3.63, 3.8) is 0 Å². The number of aromatic nitrogens is 2. The number of benzene rings is 1. The number of carbonyl (C=O) groups is 2. The molecule has 2 aromatic rings. The number of hydrogen-bond acceptors (Lipinski definition) is 4. The highest BCUT2D eigenvalue weighted by atomic mass is 16.5. The number of nitrogens with one attached hydrogen (secondary N) is 2. The van der Waals surface area contributed by atoms with Gasteiger partial charge in [0.15, 0.2) is 6.61 Å². The molecule has 1 aliphatic heterocycles. The van der Waals surface area contributed by atoms with E-state index in [9.17, 15) is 9.59 Å². The third kappa shape index (κ3) is 2.41. The van der Waals surface area contributed by atoms with Crippen LogP contribution in [0.4, 0.5) is 11.4 Å². The largest absolute Gasteiger partial charge is 0.482 e. The minimum atomic E-state index is -0.230. The number of hydrogen-bond donors (Lipinski definition) is 2. The first kappa shape index (κ1) is 14.1. The highest BCUT2D eigenvalue weighted by Gasteiger charge is 2.19. The maximum atomic E-state index is 12.4. The van der Waals surface area contributed by atoms with Crippen molar-refractivity contribution in [2.24, 2.45) is 7.05 Å². The van der Waals surface area contributed by atoms with E-state index in [1.807, 2.05) is 6.92 Å². The molecule has 0 saturated carbocycles. The Balaban J connectivity index is 1.85. The smallest absolute Gasteiger partial charge is 0.262 e. The summed E-state index contributed by atoms with van der Waals surface area (Å²) in [5.41, 5.74) is 3.16. The number of fused-ring (bicyclic) bond motifs is 1. The Bertz CT molecular complexity index is 779. The molecule has 1 aromatic carbocycles. The average molecular weight is 300 g/mol. The fraction of sp³-hybridized carbons (Fsp3) is 0.267. The number of carbonyl (C=O) groups excluding carboxylic acids is 2. The van der Waals surface area contributed by atoms with Gasteiger partial charge in [-0.05, 0) is 32.0 Å². The van der Waals surface area contributed by atoms with Crippen molar-refractivity contribution in [1.29, 1.82) is 0 Å². The molecule has 0 fully saturated rings. The normalized spacial score (nSPS) is 13.1. The van der Waals surface area contributed by atoms with Crippen LogP contribution in [-0.2, 0) is 11.8 Å². The molecule has 1 aromatic heterocycles. The molecule has 114 valence electrons. The van der Waals surface area contributed by atoms with Gasteiger partial charge in [0.05, 0.1) is 16.9 Å². The van der Waals surface area contributed by atoms with E-state index in [-0.39, 0.29) is 18.4 Å². The number of anilines is 2. The molecule has 0 radical (unpaired) electrons. The number of aryl methyl sites for hydroxylation is 2. The number of ether oxygens (including phenoxy) is 1. The molecule has 3 rings (SSSR count). The van der Waals surface area contributed by atoms with Crippen molar-refractivity contribution in [2.75, 3.05) is 17.2 Å². The van der Waals surface area contributed by atoms with E-state index in [2.05, 4.69) is 15.7 Å². The quantitative estimate of drug-likeness (QED) is 0.882. The van der Waals surface area contributed by atoms with E-state index in [1.165, 1.54) is 0 Å². The molecular formula is C15H16N4O3. The van der Waals surface area contributed by atoms with Crippen LogP contribution < -0.4 is 15.4 Å². The maximum absolute atomic E-state index is 12.4. The predicted octanol–water partition coefficient (Wildman–Crippen LogP) is 1.62. The molecule has 2 heterocycles. The van der Waals surface area contributed by atoms with Crippen molar-refractivity contribution in [1.82, 2.24) is 9.78 Å². The summed E-state index contributed by atoms with van der Waals surface area (Å²) in [7, 11) is 1.80. The van der Waals surface area contributed by atoms with Gasteiger partial charge >= 0.3 is 0 Å². The molecule has 1 aliphatic rings. The number of rotatable bonds is 2. The summed E-state index contributed by atoms with van der Waals surface area (Å²) in [4.78, 5) is 23.8. The molecule has 0 aliphatic carbocycles. The van der Waals surface area contributed by atoms with Gasteiger partial charge in [0.2, 0.25) is 0 Å². The monoisotopic (exact) mass is 300 g/mol. The summed E-state index contributed by atoms with van der Waals surface area (Å²) in [5.74, 6) is 0.146. The zero-order chi connectivity index (χ0) is 15.9. The summed E-state index contributed by atoms with van der Waals surface area (Å²) in [6, 6.07) is 5.12. The van der Waals surface area contributed by atoms with Gasteiger partial charge in [0.1, 0.15) is 5.75 Å². The third-order valence-corrected chi connectivity index (χ3v) is 3.61. The topological polar surface area (TPSA) is 85.3 Å². The molecule has 2 amide bonds. The highest BCUT2D eigenvalue weighted by molar-refractivity contribution is 6.06. The zero-order valence-corrected chi connectivity index (χ0v) is 12.6. The Morgan fingerprint density at radius 1 is 1.41 bits per heavy atom. The maximum Gasteiger partial charge on any atom is 0.262 e. The van der Waals surface area contributed by atoms with Crippen molar-refractivity contribution in [3.8, 4) is 5.75 Å². The van der Waals surface area contributed by atoms with Crippen LogP contribution >= 0.6 is 0 Å². The molecule has 7 nitrogen and oxygen atoms in total. The highest BCUT2D eigenvalue weighted by Crippen LogP contribution is 2.30. The fourth-order valence-corrected chi connectivity index (χ4v) is 2.46. The van der Waals surface area contributed by atoms with Gasteiger partial charge in [0, 0.05) is 18.4 Å². The molecule has 22 heavy (non-hydrogen) atoms. The van der Waals surface area contributed by atoms with Crippen LogP contribution in [-0.4, -0.2) is 28.2 Å². The van der Waals surface area contributed by atoms with Crippen LogP contribution in [0, 0.1) is 13.8 Å². The van der Waals surface area contributed by atoms with Gasteiger partial charge in [-0.2, -0.15) is 5.10 Å². The Labute approximate surface area is 127 Å². The summed E-state index contributed by atoms with van der Waals surface area (Å²) in [6.45, 7) is 3.64. The molecule has 0 bridgehead atoms. The van der Waals surface area contributed by atoms with Gasteiger partial charge in [-0.1, -0.05) is 0 Å². The van der Waals surface area contributed by atoms with Crippen molar-refractivity contribution < 1.29 is 14.3 Å². The minimum absolute atomic E-state index is 0.00673. The minimum Gasteiger partial charge on any atom is -0.482 e. The summed E-state index contributed by atoms with van der Waals surface area (Å²) in [6.07, 6.45) is 0. The van der Waals surface area contributed by atoms with Crippen LogP contribution in [0.1, 0.15) is 21.7 Å². The molecular weight excluding hydrogens is 284 g/mol. The van der Waals surface area contributed by atoms with E-state index < -0.39 is 0 Å². The first-order chi connectivity index (χ1) is 10.5. The zero-order valence-electron chi connectivity index (χ0n) is 12.6. The predicted molar refractivity (Wildman–Crippen MR) is 81.2 cm³/mol. The number of nitrogens with zero attached hydrogens (tertiary/aromatic N) is 2. The summed E-state index contributed by atoms with van der Waals surface area (Å²) in [5, 5.41) is 9.76. The third-order valence-electron chi connectivity index (χ3n) is 3.61. The van der Waals surface area contributed by atoms with Gasteiger partial charge in [0.25, 0.3) is 11.8 Å². The van der Waals surface area contributed by atoms with Crippen molar-refractivity contribution in [3.05, 3.63) is 35.2 Å². The molecule has 2 N–H and O–H groups in total. The lowest BCUT2D eigenvalue weighted by Crippen LogP contribution is -2.25. The molecule has 0 saturated heterocycles. The Morgan fingerprint density at radius 3 is 2.86 bits per heavy atom. The standard InChI is InChI=1S/C15H16N4O3/c1-8-14(9(2)19(3)18-8)15(21)16-10-4-5-12-11(6-10)17-13(20)7-22-12/h4-6H,7H2,1-3H3,(H,16,21)(H,17,20). The Kier molecular flexibility index (Phi) is 3.32. The van der Waals surface area contributed by atoms with Crippen molar-refractivity contribution in [2.45, 2.75) is 13.8 Å². The Hall–Kier alpha value is -2.83. The fourth-order valence-electron chi connectivity index (χ4n) is 2.46. The second-order valence-electron chi connectivity index (χ2n) is 5.17. The first-order valence-corrected chi connectivity index (χ1v) is 6.84. The van der Waals surface area contributed by atoms with Crippen LogP contribution in [0.5, 0.6) is 5.75 Å². The van der Waals surface area contributed by atoms with Crippen molar-refractivity contribution >= 4 is 23.2 Å². The molecule has 0 unspecified atom stereocenters. The lowest BCUT2D eigenvalue weighted by Gasteiger charge is -2.18.